The molecule has 2 aromatic carbocycles. The molecule has 0 saturated heterocycles. The van der Waals surface area contributed by atoms with Gasteiger partial charge in [0.05, 0.1) is 24.0 Å². The molecule has 0 radical (unpaired) electrons. The summed E-state index contributed by atoms with van der Waals surface area (Å²) in [6.07, 6.45) is 1.37. The van der Waals surface area contributed by atoms with Gasteiger partial charge >= 0.3 is 5.97 Å². The molecule has 35 heavy (non-hydrogen) atoms. The summed E-state index contributed by atoms with van der Waals surface area (Å²) in [7, 11) is 0. The molecule has 0 amide bonds. The number of halogens is 2. The maximum Gasteiger partial charge on any atom is 0.341 e. The van der Waals surface area contributed by atoms with Gasteiger partial charge in [-0.3, -0.25) is 9.48 Å². The third-order valence-corrected chi connectivity index (χ3v) is 6.45. The summed E-state index contributed by atoms with van der Waals surface area (Å²) in [6.45, 7) is 6.43. The lowest BCUT2D eigenvalue weighted by Gasteiger charge is -2.38. The number of rotatable bonds is 3. The number of nitrogens with zero attached hydrogens (tertiary/aromatic N) is 3. The molecule has 4 aromatic rings. The van der Waals surface area contributed by atoms with Crippen LogP contribution in [-0.2, 0) is 6.54 Å². The number of carboxylic acids is 1. The van der Waals surface area contributed by atoms with Crippen LogP contribution in [0.2, 0.25) is 0 Å². The molecule has 0 saturated carbocycles. The second kappa shape index (κ2) is 8.01. The summed E-state index contributed by atoms with van der Waals surface area (Å²) in [5.74, 6) is -2.19. The van der Waals surface area contributed by atoms with Gasteiger partial charge in [0.2, 0.25) is 0 Å². The molecule has 3 heterocycles. The van der Waals surface area contributed by atoms with E-state index in [1.54, 1.807) is 39.6 Å². The van der Waals surface area contributed by atoms with E-state index in [4.69, 9.17) is 5.10 Å². The van der Waals surface area contributed by atoms with E-state index < -0.39 is 23.0 Å². The van der Waals surface area contributed by atoms with Crippen LogP contribution in [0.4, 0.5) is 8.78 Å². The number of carboxylic acid groups (broad SMARTS) is 1. The maximum absolute atomic E-state index is 15.1. The van der Waals surface area contributed by atoms with Crippen molar-refractivity contribution in [2.24, 2.45) is 5.41 Å². The number of aromatic nitrogens is 3. The minimum absolute atomic E-state index is 0.238. The monoisotopic (exact) mass is 475 g/mol. The first-order chi connectivity index (χ1) is 16.6. The van der Waals surface area contributed by atoms with Crippen molar-refractivity contribution in [2.75, 3.05) is 0 Å². The molecule has 1 atom stereocenters. The Morgan fingerprint density at radius 1 is 1.09 bits per heavy atom. The molecular formula is C27H23F2N3O3. The average molecular weight is 475 g/mol. The topological polar surface area (TPSA) is 77.1 Å². The number of carbonyl (C=O) groups is 1. The lowest BCUT2D eigenvalue weighted by molar-refractivity contribution is 0.0693. The van der Waals surface area contributed by atoms with Crippen LogP contribution in [0.25, 0.3) is 33.8 Å². The zero-order valence-electron chi connectivity index (χ0n) is 19.4. The number of hydrogen-bond acceptors (Lipinski definition) is 3. The first-order valence-electron chi connectivity index (χ1n) is 11.2. The Bertz CT molecular complexity index is 1530. The molecule has 1 aliphatic rings. The smallest absolute Gasteiger partial charge is 0.341 e. The Labute approximate surface area is 200 Å². The molecule has 0 bridgehead atoms. The average Bonchev–Trinajstić information content (AvgIpc) is 3.17. The summed E-state index contributed by atoms with van der Waals surface area (Å²) in [5.41, 5.74) is 1.43. The van der Waals surface area contributed by atoms with Gasteiger partial charge in [0.1, 0.15) is 22.9 Å². The van der Waals surface area contributed by atoms with Crippen molar-refractivity contribution in [3.8, 4) is 33.8 Å². The van der Waals surface area contributed by atoms with Crippen LogP contribution in [0, 0.1) is 17.0 Å². The van der Waals surface area contributed by atoms with Gasteiger partial charge in [0.15, 0.2) is 5.43 Å². The van der Waals surface area contributed by atoms with Crippen molar-refractivity contribution >= 4 is 5.97 Å². The number of hydrogen-bond donors (Lipinski definition) is 1. The summed E-state index contributed by atoms with van der Waals surface area (Å²) < 4.78 is 32.3. The van der Waals surface area contributed by atoms with E-state index in [2.05, 4.69) is 0 Å². The molecule has 2 aromatic heterocycles. The highest BCUT2D eigenvalue weighted by molar-refractivity contribution is 5.92. The highest BCUT2D eigenvalue weighted by Gasteiger charge is 2.37. The lowest BCUT2D eigenvalue weighted by atomic mass is 9.84. The summed E-state index contributed by atoms with van der Waals surface area (Å²) in [6, 6.07) is 13.1. The molecule has 1 aliphatic heterocycles. The molecule has 178 valence electrons. The van der Waals surface area contributed by atoms with E-state index in [-0.39, 0.29) is 22.6 Å². The minimum atomic E-state index is -1.31. The normalized spacial score (nSPS) is 14.9. The van der Waals surface area contributed by atoms with E-state index in [1.807, 2.05) is 20.8 Å². The quantitative estimate of drug-likeness (QED) is 0.417. The van der Waals surface area contributed by atoms with Gasteiger partial charge < -0.3 is 9.67 Å². The molecule has 0 aliphatic carbocycles. The van der Waals surface area contributed by atoms with Gasteiger partial charge in [-0.25, -0.2) is 13.6 Å². The summed E-state index contributed by atoms with van der Waals surface area (Å²) in [4.78, 5) is 24.5. The molecule has 0 unspecified atom stereocenters. The zero-order valence-corrected chi connectivity index (χ0v) is 19.4. The van der Waals surface area contributed by atoms with E-state index in [9.17, 15) is 19.1 Å². The summed E-state index contributed by atoms with van der Waals surface area (Å²) >= 11 is 0. The fraction of sp³-hybridized carbons (Fsp3) is 0.222. The van der Waals surface area contributed by atoms with E-state index in [0.29, 0.717) is 34.8 Å². The second-order valence-corrected chi connectivity index (χ2v) is 9.77. The van der Waals surface area contributed by atoms with Gasteiger partial charge in [-0.1, -0.05) is 39.0 Å². The van der Waals surface area contributed by atoms with Gasteiger partial charge in [0, 0.05) is 29.0 Å². The van der Waals surface area contributed by atoms with Crippen molar-refractivity contribution in [3.05, 3.63) is 88.2 Å². The highest BCUT2D eigenvalue weighted by atomic mass is 19.1. The third kappa shape index (κ3) is 3.75. The Morgan fingerprint density at radius 3 is 2.40 bits per heavy atom. The predicted octanol–water partition coefficient (Wildman–Crippen LogP) is 5.62. The standard InChI is InChI=1S/C27H23F2N3O3/c1-27(2,3)22-14-32-25(20-12-21(33)18(26(34)35)13-31(20)22)23(17-6-4-5-7-19(17)29)24(30-32)15-8-10-16(28)11-9-15/h4-13,22H,14H2,1-3H3,(H,34,35)/t22-/m0/s1. The lowest BCUT2D eigenvalue weighted by Crippen LogP contribution is -2.35. The van der Waals surface area contributed by atoms with Crippen LogP contribution in [0.1, 0.15) is 37.2 Å². The fourth-order valence-electron chi connectivity index (χ4n) is 4.68. The Kier molecular flexibility index (Phi) is 5.20. The largest absolute Gasteiger partial charge is 0.477 e. The first kappa shape index (κ1) is 22.7. The summed E-state index contributed by atoms with van der Waals surface area (Å²) in [5, 5.41) is 14.4. The second-order valence-electron chi connectivity index (χ2n) is 9.77. The van der Waals surface area contributed by atoms with E-state index in [0.717, 1.165) is 0 Å². The molecule has 0 spiro atoms. The Balaban J connectivity index is 1.89. The maximum atomic E-state index is 15.1. The third-order valence-electron chi connectivity index (χ3n) is 6.45. The van der Waals surface area contributed by atoms with Crippen LogP contribution in [-0.4, -0.2) is 25.4 Å². The fourth-order valence-corrected chi connectivity index (χ4v) is 4.68. The Morgan fingerprint density at radius 2 is 1.77 bits per heavy atom. The molecular weight excluding hydrogens is 452 g/mol. The molecule has 0 fully saturated rings. The van der Waals surface area contributed by atoms with Crippen LogP contribution in [0.5, 0.6) is 0 Å². The van der Waals surface area contributed by atoms with Crippen molar-refractivity contribution in [3.63, 3.8) is 0 Å². The number of benzene rings is 2. The number of fused-ring (bicyclic) bond motifs is 3. The predicted molar refractivity (Wildman–Crippen MR) is 128 cm³/mol. The number of pyridine rings is 1. The van der Waals surface area contributed by atoms with Crippen molar-refractivity contribution in [2.45, 2.75) is 33.4 Å². The van der Waals surface area contributed by atoms with Gasteiger partial charge in [0.25, 0.3) is 0 Å². The van der Waals surface area contributed by atoms with Gasteiger partial charge in [-0.05, 0) is 35.7 Å². The number of aromatic carboxylic acids is 1. The van der Waals surface area contributed by atoms with E-state index >= 15 is 4.39 Å². The van der Waals surface area contributed by atoms with Crippen LogP contribution < -0.4 is 5.43 Å². The minimum Gasteiger partial charge on any atom is -0.477 e. The van der Waals surface area contributed by atoms with Crippen LogP contribution in [0.15, 0.2) is 65.6 Å². The Hall–Kier alpha value is -4.07. The molecule has 1 N–H and O–H groups in total. The van der Waals surface area contributed by atoms with Crippen LogP contribution in [0.3, 0.4) is 0 Å². The first-order valence-corrected chi connectivity index (χ1v) is 11.2. The zero-order chi connectivity index (χ0) is 25.1. The van der Waals surface area contributed by atoms with Crippen LogP contribution >= 0.6 is 0 Å². The highest BCUT2D eigenvalue weighted by Crippen LogP contribution is 2.46. The SMILES string of the molecule is CC(C)(C)[C@@H]1Cn2nc(-c3ccc(F)cc3)c(-c3ccccc3F)c2-c2cc(=O)c(C(=O)O)cn21. The van der Waals surface area contributed by atoms with Gasteiger partial charge in [-0.15, -0.1) is 0 Å². The van der Waals surface area contributed by atoms with E-state index in [1.165, 1.54) is 30.5 Å². The van der Waals surface area contributed by atoms with Crippen molar-refractivity contribution in [1.29, 1.82) is 0 Å². The molecule has 5 rings (SSSR count). The molecule has 8 heteroatoms. The van der Waals surface area contributed by atoms with Crippen molar-refractivity contribution in [1.82, 2.24) is 14.3 Å². The van der Waals surface area contributed by atoms with Crippen molar-refractivity contribution < 1.29 is 18.7 Å². The van der Waals surface area contributed by atoms with Gasteiger partial charge in [-0.2, -0.15) is 5.10 Å². The molecule has 6 nitrogen and oxygen atoms in total.